The number of hydrogen-bond donors (Lipinski definition) is 1. The fourth-order valence-electron chi connectivity index (χ4n) is 2.55. The lowest BCUT2D eigenvalue weighted by Crippen LogP contribution is -2.47. The first-order valence-electron chi connectivity index (χ1n) is 6.89. The maximum atomic E-state index is 12.8. The Labute approximate surface area is 114 Å². The Bertz CT molecular complexity index is 396. The van der Waals surface area contributed by atoms with Gasteiger partial charge in [0, 0.05) is 19.6 Å². The Morgan fingerprint density at radius 1 is 1.37 bits per heavy atom. The fourth-order valence-corrected chi connectivity index (χ4v) is 2.55. The number of halogens is 1. The highest BCUT2D eigenvalue weighted by Crippen LogP contribution is 2.19. The van der Waals surface area contributed by atoms with Crippen LogP contribution in [0.1, 0.15) is 31.9 Å². The highest BCUT2D eigenvalue weighted by Gasteiger charge is 2.25. The van der Waals surface area contributed by atoms with Crippen molar-refractivity contribution < 1.29 is 14.2 Å². The largest absolute Gasteiger partial charge is 0.387 e. The maximum Gasteiger partial charge on any atom is 0.123 e. The van der Waals surface area contributed by atoms with Crippen molar-refractivity contribution >= 4 is 0 Å². The molecular weight excluding hydrogens is 245 g/mol. The Kier molecular flexibility index (Phi) is 4.91. The number of benzene rings is 1. The van der Waals surface area contributed by atoms with Gasteiger partial charge < -0.3 is 9.84 Å². The van der Waals surface area contributed by atoms with E-state index >= 15 is 0 Å². The molecule has 0 amide bonds. The number of hydrogen-bond acceptors (Lipinski definition) is 3. The predicted octanol–water partition coefficient (Wildman–Crippen LogP) is 2.36. The van der Waals surface area contributed by atoms with Gasteiger partial charge in [0.05, 0.1) is 18.3 Å². The van der Waals surface area contributed by atoms with Crippen LogP contribution < -0.4 is 0 Å². The van der Waals surface area contributed by atoms with Crippen LogP contribution in [0.25, 0.3) is 0 Å². The molecule has 1 fully saturated rings. The van der Waals surface area contributed by atoms with E-state index in [1.165, 1.54) is 12.1 Å². The molecule has 3 unspecified atom stereocenters. The number of aliphatic hydroxyl groups excluding tert-OH is 1. The quantitative estimate of drug-likeness (QED) is 0.909. The van der Waals surface area contributed by atoms with Crippen LogP contribution >= 0.6 is 0 Å². The molecule has 1 aromatic carbocycles. The Morgan fingerprint density at radius 2 is 2.05 bits per heavy atom. The summed E-state index contributed by atoms with van der Waals surface area (Å²) in [7, 11) is 0. The maximum absolute atomic E-state index is 12.8. The first-order valence-corrected chi connectivity index (χ1v) is 6.89. The number of aliphatic hydroxyl groups is 1. The third kappa shape index (κ3) is 4.00. The predicted molar refractivity (Wildman–Crippen MR) is 72.4 cm³/mol. The standard InChI is InChI=1S/C15H22FNO2/c1-3-14-9-17(8-11(2)19-14)10-15(18)12-4-6-13(16)7-5-12/h4-7,11,14-15,18H,3,8-10H2,1-2H3. The molecule has 1 heterocycles. The molecule has 3 nitrogen and oxygen atoms in total. The third-order valence-electron chi connectivity index (χ3n) is 3.54. The van der Waals surface area contributed by atoms with Gasteiger partial charge >= 0.3 is 0 Å². The normalized spacial score (nSPS) is 26.3. The van der Waals surface area contributed by atoms with E-state index in [-0.39, 0.29) is 18.0 Å². The average Bonchev–Trinajstić information content (AvgIpc) is 2.38. The van der Waals surface area contributed by atoms with Crippen molar-refractivity contribution in [3.05, 3.63) is 35.6 Å². The van der Waals surface area contributed by atoms with Gasteiger partial charge in [0.25, 0.3) is 0 Å². The van der Waals surface area contributed by atoms with Gasteiger partial charge in [0.1, 0.15) is 5.82 Å². The topological polar surface area (TPSA) is 32.7 Å². The van der Waals surface area contributed by atoms with Crippen molar-refractivity contribution in [1.29, 1.82) is 0 Å². The van der Waals surface area contributed by atoms with Gasteiger partial charge in [-0.1, -0.05) is 19.1 Å². The minimum absolute atomic E-state index is 0.194. The second-order valence-electron chi connectivity index (χ2n) is 5.26. The van der Waals surface area contributed by atoms with Crippen molar-refractivity contribution in [1.82, 2.24) is 4.90 Å². The molecule has 1 aliphatic rings. The zero-order chi connectivity index (χ0) is 13.8. The lowest BCUT2D eigenvalue weighted by Gasteiger charge is -2.37. The molecule has 0 saturated carbocycles. The molecule has 1 N–H and O–H groups in total. The van der Waals surface area contributed by atoms with Crippen molar-refractivity contribution in [2.24, 2.45) is 0 Å². The van der Waals surface area contributed by atoms with Gasteiger partial charge in [-0.05, 0) is 31.0 Å². The summed E-state index contributed by atoms with van der Waals surface area (Å²) in [6.45, 7) is 6.40. The Hall–Kier alpha value is -0.970. The van der Waals surface area contributed by atoms with Crippen molar-refractivity contribution in [3.8, 4) is 0 Å². The molecular formula is C15H22FNO2. The highest BCUT2D eigenvalue weighted by molar-refractivity contribution is 5.18. The van der Waals surface area contributed by atoms with E-state index in [0.717, 1.165) is 25.1 Å². The monoisotopic (exact) mass is 267 g/mol. The second-order valence-corrected chi connectivity index (χ2v) is 5.26. The van der Waals surface area contributed by atoms with E-state index in [2.05, 4.69) is 18.7 Å². The molecule has 1 aliphatic heterocycles. The van der Waals surface area contributed by atoms with Gasteiger partial charge in [-0.15, -0.1) is 0 Å². The molecule has 4 heteroatoms. The summed E-state index contributed by atoms with van der Waals surface area (Å²) in [5, 5.41) is 10.2. The van der Waals surface area contributed by atoms with Crippen LogP contribution in [0, 0.1) is 5.82 Å². The summed E-state index contributed by atoms with van der Waals surface area (Å²) < 4.78 is 18.6. The van der Waals surface area contributed by atoms with E-state index in [1.54, 1.807) is 12.1 Å². The number of morpholine rings is 1. The molecule has 3 atom stereocenters. The SMILES string of the molecule is CCC1CN(CC(O)c2ccc(F)cc2)CC(C)O1. The Morgan fingerprint density at radius 3 is 2.68 bits per heavy atom. The summed E-state index contributed by atoms with van der Waals surface area (Å²) in [5.41, 5.74) is 0.758. The molecule has 0 aliphatic carbocycles. The summed E-state index contributed by atoms with van der Waals surface area (Å²) >= 11 is 0. The van der Waals surface area contributed by atoms with Crippen LogP contribution in [0.3, 0.4) is 0 Å². The van der Waals surface area contributed by atoms with Crippen molar-refractivity contribution in [2.45, 2.75) is 38.6 Å². The van der Waals surface area contributed by atoms with Gasteiger partial charge in [0.15, 0.2) is 0 Å². The molecule has 19 heavy (non-hydrogen) atoms. The lowest BCUT2D eigenvalue weighted by atomic mass is 10.1. The first-order chi connectivity index (χ1) is 9.08. The summed E-state index contributed by atoms with van der Waals surface area (Å²) in [4.78, 5) is 2.22. The van der Waals surface area contributed by atoms with Crippen LogP contribution in [0.15, 0.2) is 24.3 Å². The van der Waals surface area contributed by atoms with E-state index < -0.39 is 6.10 Å². The zero-order valence-corrected chi connectivity index (χ0v) is 11.6. The van der Waals surface area contributed by atoms with Gasteiger partial charge in [0.2, 0.25) is 0 Å². The number of ether oxygens (including phenoxy) is 1. The first kappa shape index (κ1) is 14.4. The van der Waals surface area contributed by atoms with Gasteiger partial charge in [-0.2, -0.15) is 0 Å². The summed E-state index contributed by atoms with van der Waals surface area (Å²) in [6.07, 6.45) is 0.833. The van der Waals surface area contributed by atoms with Gasteiger partial charge in [-0.25, -0.2) is 4.39 Å². The summed E-state index contributed by atoms with van der Waals surface area (Å²) in [5.74, 6) is -0.276. The second kappa shape index (κ2) is 6.46. The minimum atomic E-state index is -0.580. The molecule has 106 valence electrons. The van der Waals surface area contributed by atoms with Crippen LogP contribution in [0.4, 0.5) is 4.39 Å². The van der Waals surface area contributed by atoms with Crippen molar-refractivity contribution in [2.75, 3.05) is 19.6 Å². The van der Waals surface area contributed by atoms with E-state index in [4.69, 9.17) is 4.74 Å². The van der Waals surface area contributed by atoms with Crippen molar-refractivity contribution in [3.63, 3.8) is 0 Å². The fraction of sp³-hybridized carbons (Fsp3) is 0.600. The zero-order valence-electron chi connectivity index (χ0n) is 11.6. The highest BCUT2D eigenvalue weighted by atomic mass is 19.1. The van der Waals surface area contributed by atoms with Crippen LogP contribution in [0.2, 0.25) is 0 Å². The van der Waals surface area contributed by atoms with Crippen LogP contribution in [0.5, 0.6) is 0 Å². The van der Waals surface area contributed by atoms with Crippen LogP contribution in [-0.2, 0) is 4.74 Å². The molecule has 0 radical (unpaired) electrons. The summed E-state index contributed by atoms with van der Waals surface area (Å²) in [6, 6.07) is 6.05. The van der Waals surface area contributed by atoms with E-state index in [9.17, 15) is 9.50 Å². The number of nitrogens with zero attached hydrogens (tertiary/aromatic N) is 1. The molecule has 1 aromatic rings. The minimum Gasteiger partial charge on any atom is -0.387 e. The van der Waals surface area contributed by atoms with E-state index in [0.29, 0.717) is 6.54 Å². The smallest absolute Gasteiger partial charge is 0.123 e. The lowest BCUT2D eigenvalue weighted by molar-refractivity contribution is -0.0856. The average molecular weight is 267 g/mol. The van der Waals surface area contributed by atoms with Gasteiger partial charge in [-0.3, -0.25) is 4.90 Å². The molecule has 0 aromatic heterocycles. The number of β-amino-alcohol motifs (C(OH)–C–C–N with tert-alkyl or cyclic N) is 1. The molecule has 1 saturated heterocycles. The Balaban J connectivity index is 1.94. The molecule has 0 spiro atoms. The third-order valence-corrected chi connectivity index (χ3v) is 3.54. The molecule has 0 bridgehead atoms. The van der Waals surface area contributed by atoms with E-state index in [1.807, 2.05) is 0 Å². The number of rotatable bonds is 4. The van der Waals surface area contributed by atoms with Crippen LogP contribution in [-0.4, -0.2) is 41.8 Å². The molecule has 2 rings (SSSR count).